The largest absolute Gasteiger partial charge is 0.472 e. The van der Waals surface area contributed by atoms with E-state index >= 15 is 0 Å². The molecule has 0 saturated carbocycles. The molecule has 92 heavy (non-hydrogen) atoms. The standard InChI is InChI=1S/C73H132O17P2/c1-5-9-13-17-21-25-29-32-33-36-39-42-46-50-54-58-71(76)84-63-68(89-72(77)59-55-51-47-43-37-28-24-20-16-12-8-4)65-87-91(79,80)85-61-67(74)62-86-92(81,82)88-66-69(90-73(78)60-56-52-48-44-40-35-31-27-23-19-15-11-7-3)64-83-70(75)57-53-49-45-41-38-34-30-26-22-18-14-10-6-2/h9,13,21,25,32-33,39,42,50,54,67-69,74H,5-8,10-12,14-20,22-24,26-31,34-38,40-41,43-49,51-53,55-66H2,1-4H3,(H,79,80)(H,81,82)/b13-9-,25-21-,33-32-,42-39-,54-50-. The second-order valence-corrected chi connectivity index (χ2v) is 27.5. The van der Waals surface area contributed by atoms with Gasteiger partial charge in [-0.1, -0.05) is 307 Å². The summed E-state index contributed by atoms with van der Waals surface area (Å²) in [7, 11) is -9.94. The van der Waals surface area contributed by atoms with Crippen molar-refractivity contribution in [2.24, 2.45) is 0 Å². The summed E-state index contributed by atoms with van der Waals surface area (Å²) in [6.07, 6.45) is 62.6. The zero-order chi connectivity index (χ0) is 67.5. The van der Waals surface area contributed by atoms with Gasteiger partial charge < -0.3 is 33.8 Å². The highest BCUT2D eigenvalue weighted by molar-refractivity contribution is 7.47. The van der Waals surface area contributed by atoms with Crippen molar-refractivity contribution in [1.82, 2.24) is 0 Å². The number of hydrogen-bond acceptors (Lipinski definition) is 15. The maximum absolute atomic E-state index is 13.0. The minimum Gasteiger partial charge on any atom is -0.462 e. The molecule has 0 aromatic carbocycles. The maximum Gasteiger partial charge on any atom is 0.472 e. The van der Waals surface area contributed by atoms with Crippen LogP contribution in [0.5, 0.6) is 0 Å². The lowest BCUT2D eigenvalue weighted by atomic mass is 10.0. The molecule has 19 heteroatoms. The number of carbonyl (C=O) groups is 4. The van der Waals surface area contributed by atoms with Crippen LogP contribution in [-0.4, -0.2) is 96.7 Å². The lowest BCUT2D eigenvalue weighted by molar-refractivity contribution is -0.161. The Kier molecular flexibility index (Phi) is 64.0. The van der Waals surface area contributed by atoms with Gasteiger partial charge in [0, 0.05) is 19.3 Å². The third kappa shape index (κ3) is 65.4. The van der Waals surface area contributed by atoms with E-state index in [0.717, 1.165) is 96.3 Å². The Balaban J connectivity index is 5.34. The van der Waals surface area contributed by atoms with Crippen LogP contribution in [0.25, 0.3) is 0 Å². The van der Waals surface area contributed by atoms with Crippen molar-refractivity contribution in [2.45, 2.75) is 341 Å². The molecule has 0 bridgehead atoms. The number of esters is 4. The molecule has 0 amide bonds. The molecule has 0 aliphatic carbocycles. The minimum atomic E-state index is -4.98. The second kappa shape index (κ2) is 66.4. The first kappa shape index (κ1) is 88.8. The molecule has 5 atom stereocenters. The minimum absolute atomic E-state index is 0.0657. The number of hydrogen-bond donors (Lipinski definition) is 3. The summed E-state index contributed by atoms with van der Waals surface area (Å²) in [5.74, 6) is -2.29. The third-order valence-corrected chi connectivity index (χ3v) is 17.5. The summed E-state index contributed by atoms with van der Waals surface area (Å²) >= 11 is 0. The SMILES string of the molecule is CC/C=C\C/C=C\C/C=C\C/C=C\C/C=C\CC(=O)OCC(COP(=O)(O)OCC(O)COP(=O)(O)OCC(COC(=O)CCCCCCCCCCCCCCC)OC(=O)CCCCCCCCCCCCCCC)OC(=O)CCCCCCCCCCCCC. The molecule has 5 unspecified atom stereocenters. The molecule has 0 spiro atoms. The molecule has 0 aromatic heterocycles. The van der Waals surface area contributed by atoms with E-state index in [0.29, 0.717) is 25.7 Å². The van der Waals surface area contributed by atoms with Crippen LogP contribution in [0.15, 0.2) is 60.8 Å². The van der Waals surface area contributed by atoms with Crippen molar-refractivity contribution >= 4 is 39.5 Å². The summed E-state index contributed by atoms with van der Waals surface area (Å²) in [4.78, 5) is 72.5. The topological polar surface area (TPSA) is 237 Å². The normalized spacial score (nSPS) is 14.4. The average Bonchev–Trinajstić information content (AvgIpc) is 2.24. The molecule has 0 radical (unpaired) electrons. The van der Waals surface area contributed by atoms with E-state index in [1.54, 1.807) is 6.08 Å². The van der Waals surface area contributed by atoms with Crippen LogP contribution in [-0.2, 0) is 65.4 Å². The number of unbranched alkanes of at least 4 members (excludes halogenated alkanes) is 34. The van der Waals surface area contributed by atoms with Crippen LogP contribution < -0.4 is 0 Å². The number of allylic oxidation sites excluding steroid dienone is 9. The maximum atomic E-state index is 13.0. The van der Waals surface area contributed by atoms with Crippen LogP contribution in [0.4, 0.5) is 0 Å². The first-order valence-corrected chi connectivity index (χ1v) is 39.5. The number of rotatable bonds is 69. The van der Waals surface area contributed by atoms with E-state index < -0.39 is 97.5 Å². The molecule has 3 N–H and O–H groups in total. The van der Waals surface area contributed by atoms with Crippen LogP contribution in [0.3, 0.4) is 0 Å². The quantitative estimate of drug-likeness (QED) is 0.0169. The van der Waals surface area contributed by atoms with Gasteiger partial charge in [0.05, 0.1) is 32.8 Å². The Bertz CT molecular complexity index is 1990. The van der Waals surface area contributed by atoms with E-state index in [4.69, 9.17) is 37.0 Å². The Hall–Kier alpha value is -3.24. The van der Waals surface area contributed by atoms with Gasteiger partial charge in [-0.3, -0.25) is 37.3 Å². The lowest BCUT2D eigenvalue weighted by Crippen LogP contribution is -2.30. The predicted octanol–water partition coefficient (Wildman–Crippen LogP) is 20.3. The van der Waals surface area contributed by atoms with Crippen molar-refractivity contribution in [3.63, 3.8) is 0 Å². The third-order valence-electron chi connectivity index (χ3n) is 15.6. The molecule has 0 aliphatic rings. The van der Waals surface area contributed by atoms with Gasteiger partial charge in [-0.15, -0.1) is 0 Å². The van der Waals surface area contributed by atoms with Gasteiger partial charge >= 0.3 is 39.5 Å². The van der Waals surface area contributed by atoms with Gasteiger partial charge in [0.1, 0.15) is 19.3 Å². The first-order chi connectivity index (χ1) is 44.7. The van der Waals surface area contributed by atoms with E-state index in [1.165, 1.54) is 148 Å². The van der Waals surface area contributed by atoms with Gasteiger partial charge in [0.2, 0.25) is 0 Å². The number of aliphatic hydroxyl groups is 1. The lowest BCUT2D eigenvalue weighted by Gasteiger charge is -2.21. The molecular weight excluding hydrogens is 1210 g/mol. The summed E-state index contributed by atoms with van der Waals surface area (Å²) in [5.41, 5.74) is 0. The summed E-state index contributed by atoms with van der Waals surface area (Å²) < 4.78 is 68.2. The molecule has 0 fully saturated rings. The molecule has 0 aliphatic heterocycles. The molecule has 0 rings (SSSR count). The Morgan fingerprint density at radius 2 is 0.565 bits per heavy atom. The van der Waals surface area contributed by atoms with Crippen molar-refractivity contribution in [3.05, 3.63) is 60.8 Å². The monoisotopic (exact) mass is 1340 g/mol. The van der Waals surface area contributed by atoms with Gasteiger partial charge in [-0.25, -0.2) is 9.13 Å². The van der Waals surface area contributed by atoms with Crippen molar-refractivity contribution in [3.8, 4) is 0 Å². The zero-order valence-corrected chi connectivity index (χ0v) is 60.0. The van der Waals surface area contributed by atoms with Gasteiger partial charge in [0.15, 0.2) is 12.2 Å². The Labute approximate surface area is 559 Å². The van der Waals surface area contributed by atoms with Crippen LogP contribution >= 0.6 is 15.6 Å². The van der Waals surface area contributed by atoms with Crippen LogP contribution in [0, 0.1) is 0 Å². The van der Waals surface area contributed by atoms with Gasteiger partial charge in [0.25, 0.3) is 0 Å². The van der Waals surface area contributed by atoms with Crippen LogP contribution in [0.1, 0.15) is 323 Å². The summed E-state index contributed by atoms with van der Waals surface area (Å²) in [6, 6.07) is 0. The van der Waals surface area contributed by atoms with E-state index in [9.17, 15) is 43.2 Å². The number of carbonyl (C=O) groups excluding carboxylic acids is 4. The number of phosphoric acid groups is 2. The Morgan fingerprint density at radius 1 is 0.315 bits per heavy atom. The van der Waals surface area contributed by atoms with Gasteiger partial charge in [-0.2, -0.15) is 0 Å². The molecule has 0 saturated heterocycles. The van der Waals surface area contributed by atoms with E-state index in [-0.39, 0.29) is 25.7 Å². The number of aliphatic hydroxyl groups excluding tert-OH is 1. The van der Waals surface area contributed by atoms with E-state index in [1.807, 2.05) is 18.2 Å². The molecule has 0 heterocycles. The number of ether oxygens (including phenoxy) is 4. The molecule has 17 nitrogen and oxygen atoms in total. The fourth-order valence-corrected chi connectivity index (χ4v) is 11.6. The fraction of sp³-hybridized carbons (Fsp3) is 0.808. The highest BCUT2D eigenvalue weighted by Crippen LogP contribution is 2.45. The highest BCUT2D eigenvalue weighted by atomic mass is 31.2. The molecule has 536 valence electrons. The smallest absolute Gasteiger partial charge is 0.462 e. The summed E-state index contributed by atoms with van der Waals surface area (Å²) in [6.45, 7) is 4.67. The van der Waals surface area contributed by atoms with Crippen LogP contribution in [0.2, 0.25) is 0 Å². The van der Waals surface area contributed by atoms with E-state index in [2.05, 4.69) is 64.2 Å². The van der Waals surface area contributed by atoms with Crippen molar-refractivity contribution in [1.29, 1.82) is 0 Å². The van der Waals surface area contributed by atoms with Gasteiger partial charge in [-0.05, 0) is 51.4 Å². The average molecular weight is 1340 g/mol. The summed E-state index contributed by atoms with van der Waals surface area (Å²) in [5, 5.41) is 10.6. The molecular formula is C73H132O17P2. The van der Waals surface area contributed by atoms with Crippen molar-refractivity contribution < 1.29 is 80.2 Å². The number of phosphoric ester groups is 2. The highest BCUT2D eigenvalue weighted by Gasteiger charge is 2.30. The Morgan fingerprint density at radius 3 is 0.870 bits per heavy atom. The second-order valence-electron chi connectivity index (χ2n) is 24.5. The fourth-order valence-electron chi connectivity index (χ4n) is 10.0. The van der Waals surface area contributed by atoms with Crippen molar-refractivity contribution in [2.75, 3.05) is 39.6 Å². The zero-order valence-electron chi connectivity index (χ0n) is 58.2. The molecule has 0 aromatic rings. The predicted molar refractivity (Wildman–Crippen MR) is 372 cm³/mol. The first-order valence-electron chi connectivity index (χ1n) is 36.5.